The quantitative estimate of drug-likeness (QED) is 0.139. The Morgan fingerprint density at radius 3 is 0.960 bits per heavy atom. The van der Waals surface area contributed by atoms with E-state index in [1.165, 1.54) is 258 Å². The number of pyridine rings is 2. The van der Waals surface area contributed by atoms with E-state index in [1.54, 1.807) is 0 Å². The Balaban J connectivity index is 0.0000000842. The third kappa shape index (κ3) is 12.9. The molecule has 16 aromatic carbocycles. The maximum Gasteiger partial charge on any atom is 0.333 e. The van der Waals surface area contributed by atoms with Crippen molar-refractivity contribution in [2.24, 2.45) is 0 Å². The number of benzene rings is 16. The molecule has 0 bridgehead atoms. The highest BCUT2D eigenvalue weighted by Crippen LogP contribution is 2.59. The van der Waals surface area contributed by atoms with Gasteiger partial charge in [0.1, 0.15) is 0 Å². The maximum atomic E-state index is 5.10. The average Bonchev–Trinajstić information content (AvgIpc) is 1.70. The molecule has 35 rings (SSSR count). The SMILES string of the molecule is Cc1cc2c(c(C)n1)B1c3c(cc(C)nc3C)-c3ccccc3N1c1ccccc1-2.Cc1cc2c(s1)-c1ccccc1N1B2c2cc(C)sc2-c2ccccc21.c1ccc2c(c1)-c1sc3ccccc3c1B1c3c(sc4ccccc34)-c3ccccc3N12.c1ccc2c(c1)B1c3ccccc3-c3sc4ccccc4c3N1c1c-2sc2ccccc12.c1ccc2c(c1)B1c3ccccc3-n3c(nc4ccccc43)N1c1ccccc1-2. The highest BCUT2D eigenvalue weighted by molar-refractivity contribution is 7.28. The standard InChI is InChI=1S/2C28H16BNS2.C26H22BN3.C25H16BN3.C22H16BNS2/c1-5-13-21-17(9-1)27-25(19-11-3-7-15-23(19)31-27)29-26-20-12-4-8-16-24(20)32-28(26)18-10-2-6-14-22(18)30(21)29;1-5-13-21-17(9-1)27-25(19-11-3-7-15-23(19)31-27)30-26-20-12-4-8-16-24(20)32-28(26)18-10-2-6-14-22(18)29(21)30;1-15-13-21-19-9-5-7-11-23(19)30-24-12-8-6-10-20(24)22-14-16(2)29-18(4)26(22)27(30)25(21)17(3)28-15;1-3-11-19-17(9-1)18-10-2-6-14-22(18)29-25-27-21-13-5-8-16-24(21)28(25)23-15-7-4-12-20(23)26(19)29;1-13-11-17-21(25-13)15-7-3-5-9-19(15)24-20-10-6-4-8-16(20)22-18(23(17)24)12-14(2)26-22/h2*1-16H;5-14H,1-4H3;1-16H;3-12H,1-2H3. The Labute approximate surface area is 889 Å². The summed E-state index contributed by atoms with van der Waals surface area (Å²) in [6.07, 6.45) is 0. The molecule has 0 atom stereocenters. The lowest BCUT2D eigenvalue weighted by molar-refractivity contribution is 1.05. The van der Waals surface area contributed by atoms with E-state index in [0.717, 1.165) is 39.8 Å². The van der Waals surface area contributed by atoms with E-state index >= 15 is 0 Å². The van der Waals surface area contributed by atoms with E-state index in [4.69, 9.17) is 15.0 Å². The molecule has 9 nitrogen and oxygen atoms in total. The van der Waals surface area contributed by atoms with Gasteiger partial charge in [0.2, 0.25) is 5.95 Å². The van der Waals surface area contributed by atoms with E-state index in [0.29, 0.717) is 0 Å². The molecule has 0 radical (unpaired) electrons. The molecule has 20 heteroatoms. The van der Waals surface area contributed by atoms with Gasteiger partial charge in [-0.2, -0.15) is 0 Å². The first-order chi connectivity index (χ1) is 73.5. The van der Waals surface area contributed by atoms with Gasteiger partial charge in [-0.3, -0.25) is 14.5 Å². The van der Waals surface area contributed by atoms with Crippen molar-refractivity contribution in [2.75, 3.05) is 24.1 Å². The fraction of sp³-hybridized carbons (Fsp3) is 0.0465. The molecule has 0 saturated carbocycles. The van der Waals surface area contributed by atoms with Crippen LogP contribution >= 0.6 is 68.0 Å². The van der Waals surface area contributed by atoms with Crippen molar-refractivity contribution in [3.63, 3.8) is 0 Å². The number of aromatic nitrogens is 4. The van der Waals surface area contributed by atoms with Crippen LogP contribution in [0.1, 0.15) is 32.5 Å². The van der Waals surface area contributed by atoms with Crippen molar-refractivity contribution < 1.29 is 0 Å². The van der Waals surface area contributed by atoms with Gasteiger partial charge in [0, 0.05) is 166 Å². The van der Waals surface area contributed by atoms with Gasteiger partial charge < -0.3 is 24.1 Å². The molecule has 149 heavy (non-hydrogen) atoms. The molecule has 0 N–H and O–H groups in total. The van der Waals surface area contributed by atoms with Crippen LogP contribution in [0.2, 0.25) is 0 Å². The van der Waals surface area contributed by atoms with Crippen LogP contribution < -0.4 is 78.7 Å². The van der Waals surface area contributed by atoms with Crippen LogP contribution in [-0.4, -0.2) is 53.8 Å². The fourth-order valence-electron chi connectivity index (χ4n) is 26.2. The molecule has 698 valence electrons. The molecule has 0 spiro atoms. The Morgan fingerprint density at radius 2 is 0.503 bits per heavy atom. The minimum Gasteiger partial charge on any atom is -0.376 e. The number of fused-ring (bicyclic) bond motifs is 65. The van der Waals surface area contributed by atoms with Gasteiger partial charge >= 0.3 is 34.2 Å². The van der Waals surface area contributed by atoms with Gasteiger partial charge in [0.25, 0.3) is 0 Å². The first-order valence-electron chi connectivity index (χ1n) is 51.2. The number of nitrogens with zero attached hydrogens (tertiary/aromatic N) is 9. The van der Waals surface area contributed by atoms with Crippen molar-refractivity contribution in [1.29, 1.82) is 0 Å². The van der Waals surface area contributed by atoms with Crippen molar-refractivity contribution in [2.45, 2.75) is 41.5 Å². The summed E-state index contributed by atoms with van der Waals surface area (Å²) in [5.74, 6) is 0.983. The number of para-hydroxylation sites is 10. The minimum absolute atomic E-state index is 0.0704. The van der Waals surface area contributed by atoms with Gasteiger partial charge in [0.15, 0.2) is 0 Å². The van der Waals surface area contributed by atoms with Gasteiger partial charge in [0.05, 0.1) is 32.2 Å². The van der Waals surface area contributed by atoms with E-state index in [2.05, 4.69) is 483 Å². The highest BCUT2D eigenvalue weighted by atomic mass is 32.1. The van der Waals surface area contributed by atoms with Gasteiger partial charge in [-0.25, -0.2) is 4.98 Å². The smallest absolute Gasteiger partial charge is 0.333 e. The topological polar surface area (TPSA) is 59.8 Å². The van der Waals surface area contributed by atoms with Crippen LogP contribution in [0.15, 0.2) is 413 Å². The molecule has 9 aromatic heterocycles. The zero-order valence-corrected chi connectivity index (χ0v) is 87.0. The summed E-state index contributed by atoms with van der Waals surface area (Å²) in [6, 6.07) is 151. The Morgan fingerprint density at radius 1 is 0.201 bits per heavy atom. The number of thiophene rings is 6. The molecule has 10 aliphatic rings. The largest absolute Gasteiger partial charge is 0.376 e. The van der Waals surface area contributed by atoms with Crippen molar-refractivity contribution in [3.8, 4) is 102 Å². The number of hydrogen-bond acceptors (Lipinski definition) is 14. The minimum atomic E-state index is 0.0704. The molecule has 0 unspecified atom stereocenters. The monoisotopic (exact) mass is 2010 g/mol. The first kappa shape index (κ1) is 87.1. The third-order valence-electron chi connectivity index (χ3n) is 31.9. The summed E-state index contributed by atoms with van der Waals surface area (Å²) in [5, 5.41) is 5.48. The lowest BCUT2D eigenvalue weighted by atomic mass is 9.42. The third-order valence-corrected chi connectivity index (χ3v) is 38.9. The van der Waals surface area contributed by atoms with Crippen LogP contribution in [0, 0.1) is 41.5 Å². The second kappa shape index (κ2) is 33.7. The fourth-order valence-corrected chi connectivity index (χ4v) is 33.4. The number of rotatable bonds is 0. The summed E-state index contributed by atoms with van der Waals surface area (Å²) in [4.78, 5) is 38.9. The molecule has 0 fully saturated rings. The average molecular weight is 2010 g/mol. The summed E-state index contributed by atoms with van der Waals surface area (Å²) in [5.41, 5.74) is 49.2. The maximum absolute atomic E-state index is 5.10. The normalized spacial score (nSPS) is 13.4. The van der Waals surface area contributed by atoms with E-state index < -0.39 is 0 Å². The number of anilines is 10. The molecule has 19 heterocycles. The van der Waals surface area contributed by atoms with Crippen molar-refractivity contribution >= 4 is 265 Å². The zero-order valence-electron chi connectivity index (χ0n) is 82.1. The van der Waals surface area contributed by atoms with Crippen LogP contribution in [0.4, 0.5) is 57.1 Å². The summed E-state index contributed by atoms with van der Waals surface area (Å²) < 4.78 is 7.76. The molecule has 0 aliphatic carbocycles. The second-order valence-electron chi connectivity index (χ2n) is 40.2. The Kier molecular flexibility index (Phi) is 19.7. The lowest BCUT2D eigenvalue weighted by Gasteiger charge is -2.44. The lowest BCUT2D eigenvalue weighted by Crippen LogP contribution is -2.61. The van der Waals surface area contributed by atoms with Gasteiger partial charge in [-0.15, -0.1) is 68.0 Å². The van der Waals surface area contributed by atoms with Crippen molar-refractivity contribution in [3.05, 3.63) is 445 Å². The summed E-state index contributed by atoms with van der Waals surface area (Å²) >= 11 is 11.6. The summed E-state index contributed by atoms with van der Waals surface area (Å²) in [6.45, 7) is 13.7. The molecular formula is C129H86B5N9S6. The predicted octanol–water partition coefficient (Wildman–Crippen LogP) is 28.3. The first-order valence-corrected chi connectivity index (χ1v) is 56.1. The number of hydrogen-bond donors (Lipinski definition) is 0. The Hall–Kier alpha value is -16.1. The van der Waals surface area contributed by atoms with Gasteiger partial charge in [-0.05, 0) is 232 Å². The zero-order chi connectivity index (χ0) is 98.6. The van der Waals surface area contributed by atoms with Crippen LogP contribution in [0.3, 0.4) is 0 Å². The second-order valence-corrected chi connectivity index (χ2v) is 46.9. The van der Waals surface area contributed by atoms with E-state index in [9.17, 15) is 0 Å². The highest BCUT2D eigenvalue weighted by Gasteiger charge is 2.52. The predicted molar refractivity (Wildman–Crippen MR) is 645 cm³/mol. The molecule has 10 aliphatic heterocycles. The number of imidazole rings is 1. The number of aryl methyl sites for hydroxylation is 6. The molecule has 0 saturated heterocycles. The van der Waals surface area contributed by atoms with Crippen molar-refractivity contribution in [1.82, 2.24) is 19.5 Å². The Bertz CT molecular complexity index is 9310. The molecular weight excluding hydrogens is 1920 g/mol. The summed E-state index contributed by atoms with van der Waals surface area (Å²) in [7, 11) is 0. The van der Waals surface area contributed by atoms with Gasteiger partial charge in [-0.1, -0.05) is 315 Å². The van der Waals surface area contributed by atoms with Crippen LogP contribution in [0.25, 0.3) is 153 Å². The van der Waals surface area contributed by atoms with E-state index in [1.807, 2.05) is 68.0 Å². The molecule has 25 aromatic rings. The van der Waals surface area contributed by atoms with Crippen LogP contribution in [-0.2, 0) is 0 Å². The van der Waals surface area contributed by atoms with Crippen LogP contribution in [0.5, 0.6) is 0 Å². The molecule has 0 amide bonds. The van der Waals surface area contributed by atoms with E-state index in [-0.39, 0.29) is 34.2 Å².